The van der Waals surface area contributed by atoms with Crippen LogP contribution in [-0.2, 0) is 0 Å². The van der Waals surface area contributed by atoms with Gasteiger partial charge in [-0.3, -0.25) is 9.78 Å². The van der Waals surface area contributed by atoms with Crippen LogP contribution >= 0.6 is 11.6 Å². The first-order valence-corrected chi connectivity index (χ1v) is 7.99. The zero-order valence-electron chi connectivity index (χ0n) is 11.4. The average molecular weight is 291 g/mol. The first kappa shape index (κ1) is 12.6. The van der Waals surface area contributed by atoms with Gasteiger partial charge < -0.3 is 5.32 Å². The summed E-state index contributed by atoms with van der Waals surface area (Å²) in [4.78, 5) is 16.4. The maximum absolute atomic E-state index is 12.4. The Morgan fingerprint density at radius 3 is 2.40 bits per heavy atom. The number of carbonyl (C=O) groups excluding carboxylic acids is 1. The first-order chi connectivity index (χ1) is 9.70. The summed E-state index contributed by atoms with van der Waals surface area (Å²) in [5.41, 5.74) is 0.503. The van der Waals surface area contributed by atoms with Crippen LogP contribution in [0.25, 0.3) is 0 Å². The molecule has 0 saturated heterocycles. The van der Waals surface area contributed by atoms with Crippen LogP contribution in [0.3, 0.4) is 0 Å². The highest BCUT2D eigenvalue weighted by Crippen LogP contribution is 2.53. The van der Waals surface area contributed by atoms with E-state index in [0.29, 0.717) is 28.5 Å². The van der Waals surface area contributed by atoms with E-state index in [0.717, 1.165) is 11.8 Å². The average Bonchev–Trinajstić information content (AvgIpc) is 2.42. The lowest BCUT2D eigenvalue weighted by Crippen LogP contribution is -2.55. The van der Waals surface area contributed by atoms with E-state index in [1.807, 2.05) is 0 Å². The van der Waals surface area contributed by atoms with Gasteiger partial charge in [-0.1, -0.05) is 11.6 Å². The maximum Gasteiger partial charge on any atom is 0.254 e. The highest BCUT2D eigenvalue weighted by Gasteiger charge is 2.48. The van der Waals surface area contributed by atoms with Crippen LogP contribution in [0.4, 0.5) is 0 Å². The Morgan fingerprint density at radius 2 is 1.80 bits per heavy atom. The molecule has 106 valence electrons. The molecule has 0 atom stereocenters. The fraction of sp³-hybridized carbons (Fsp3) is 0.625. The van der Waals surface area contributed by atoms with Crippen molar-refractivity contribution in [1.82, 2.24) is 10.3 Å². The minimum atomic E-state index is -0.0550. The molecule has 4 bridgehead atoms. The van der Waals surface area contributed by atoms with Crippen LogP contribution in [0.15, 0.2) is 18.5 Å². The van der Waals surface area contributed by atoms with Gasteiger partial charge in [-0.25, -0.2) is 0 Å². The number of hydrogen-bond acceptors (Lipinski definition) is 2. The van der Waals surface area contributed by atoms with Crippen LogP contribution in [0, 0.1) is 23.7 Å². The SMILES string of the molecule is O=C(NC1C2CC3CC(C2)CC1C3)c1cnccc1Cl. The van der Waals surface area contributed by atoms with Gasteiger partial charge in [0.15, 0.2) is 0 Å². The minimum absolute atomic E-state index is 0.0550. The van der Waals surface area contributed by atoms with Crippen molar-refractivity contribution in [3.8, 4) is 0 Å². The van der Waals surface area contributed by atoms with E-state index >= 15 is 0 Å². The molecule has 4 aliphatic rings. The molecule has 4 heteroatoms. The molecule has 3 nitrogen and oxygen atoms in total. The molecule has 1 heterocycles. The van der Waals surface area contributed by atoms with Crippen molar-refractivity contribution < 1.29 is 4.79 Å². The van der Waals surface area contributed by atoms with Gasteiger partial charge in [-0.15, -0.1) is 0 Å². The standard InChI is InChI=1S/C16H19ClN2O/c17-14-1-2-18-8-13(14)16(20)19-15-11-4-9-3-10(6-11)7-12(15)5-9/h1-2,8-12,15H,3-7H2,(H,19,20). The zero-order valence-corrected chi connectivity index (χ0v) is 12.1. The summed E-state index contributed by atoms with van der Waals surface area (Å²) in [7, 11) is 0. The Labute approximate surface area is 124 Å². The quantitative estimate of drug-likeness (QED) is 0.908. The molecule has 1 aromatic rings. The number of amides is 1. The van der Waals surface area contributed by atoms with Gasteiger partial charge in [0.1, 0.15) is 0 Å². The summed E-state index contributed by atoms with van der Waals surface area (Å²) in [6.07, 6.45) is 9.83. The van der Waals surface area contributed by atoms with Gasteiger partial charge in [0, 0.05) is 18.4 Å². The van der Waals surface area contributed by atoms with Gasteiger partial charge in [-0.05, 0) is 61.8 Å². The Bertz CT molecular complexity index is 517. The van der Waals surface area contributed by atoms with E-state index in [1.54, 1.807) is 18.5 Å². The molecule has 4 saturated carbocycles. The number of aromatic nitrogens is 1. The van der Waals surface area contributed by atoms with E-state index in [2.05, 4.69) is 10.3 Å². The monoisotopic (exact) mass is 290 g/mol. The van der Waals surface area contributed by atoms with Crippen LogP contribution in [0.5, 0.6) is 0 Å². The molecule has 0 spiro atoms. The predicted octanol–water partition coefficient (Wildman–Crippen LogP) is 3.29. The number of pyridine rings is 1. The van der Waals surface area contributed by atoms with Gasteiger partial charge >= 0.3 is 0 Å². The second kappa shape index (κ2) is 4.73. The Balaban J connectivity index is 1.52. The molecule has 1 N–H and O–H groups in total. The molecule has 0 aliphatic heterocycles. The number of carbonyl (C=O) groups is 1. The summed E-state index contributed by atoms with van der Waals surface area (Å²) in [6, 6.07) is 2.03. The molecule has 0 unspecified atom stereocenters. The number of nitrogens with one attached hydrogen (secondary N) is 1. The van der Waals surface area contributed by atoms with Crippen molar-refractivity contribution in [2.75, 3.05) is 0 Å². The van der Waals surface area contributed by atoms with Gasteiger partial charge in [-0.2, -0.15) is 0 Å². The lowest BCUT2D eigenvalue weighted by atomic mass is 9.54. The van der Waals surface area contributed by atoms with Crippen molar-refractivity contribution in [3.05, 3.63) is 29.0 Å². The second-order valence-electron chi connectivity index (χ2n) is 6.79. The Morgan fingerprint density at radius 1 is 1.15 bits per heavy atom. The normalized spacial score (nSPS) is 38.0. The molecule has 1 amide bonds. The van der Waals surface area contributed by atoms with Crippen LogP contribution in [0.1, 0.15) is 42.5 Å². The number of rotatable bonds is 2. The summed E-state index contributed by atoms with van der Waals surface area (Å²) < 4.78 is 0. The molecule has 0 aromatic carbocycles. The van der Waals surface area contributed by atoms with Crippen LogP contribution in [-0.4, -0.2) is 16.9 Å². The van der Waals surface area contributed by atoms with Crippen molar-refractivity contribution in [3.63, 3.8) is 0 Å². The largest absolute Gasteiger partial charge is 0.349 e. The molecule has 5 rings (SSSR count). The van der Waals surface area contributed by atoms with E-state index in [4.69, 9.17) is 11.6 Å². The predicted molar refractivity (Wildman–Crippen MR) is 77.5 cm³/mol. The second-order valence-corrected chi connectivity index (χ2v) is 7.19. The number of halogens is 1. The summed E-state index contributed by atoms with van der Waals surface area (Å²) in [5.74, 6) is 3.16. The Kier molecular flexibility index (Phi) is 2.99. The molecule has 4 fully saturated rings. The number of nitrogens with zero attached hydrogens (tertiary/aromatic N) is 1. The lowest BCUT2D eigenvalue weighted by molar-refractivity contribution is -0.0119. The van der Waals surface area contributed by atoms with Gasteiger partial charge in [0.25, 0.3) is 5.91 Å². The third-order valence-electron chi connectivity index (χ3n) is 5.54. The van der Waals surface area contributed by atoms with Crippen LogP contribution < -0.4 is 5.32 Å². The van der Waals surface area contributed by atoms with E-state index in [-0.39, 0.29) is 5.91 Å². The highest BCUT2D eigenvalue weighted by atomic mass is 35.5. The fourth-order valence-corrected chi connectivity index (χ4v) is 5.13. The number of hydrogen-bond donors (Lipinski definition) is 1. The molecule has 4 aliphatic carbocycles. The summed E-state index contributed by atoms with van der Waals surface area (Å²) >= 11 is 6.09. The summed E-state index contributed by atoms with van der Waals surface area (Å²) in [6.45, 7) is 0. The zero-order chi connectivity index (χ0) is 13.7. The Hall–Kier alpha value is -1.09. The van der Waals surface area contributed by atoms with Gasteiger partial charge in [0.05, 0.1) is 10.6 Å². The maximum atomic E-state index is 12.4. The van der Waals surface area contributed by atoms with Crippen molar-refractivity contribution in [2.45, 2.75) is 38.1 Å². The third-order valence-corrected chi connectivity index (χ3v) is 5.87. The highest BCUT2D eigenvalue weighted by molar-refractivity contribution is 6.33. The molecule has 1 aromatic heterocycles. The van der Waals surface area contributed by atoms with Gasteiger partial charge in [0.2, 0.25) is 0 Å². The third kappa shape index (κ3) is 2.03. The molecular weight excluding hydrogens is 272 g/mol. The first-order valence-electron chi connectivity index (χ1n) is 7.61. The van der Waals surface area contributed by atoms with Crippen LogP contribution in [0.2, 0.25) is 5.02 Å². The molecule has 0 radical (unpaired) electrons. The van der Waals surface area contributed by atoms with Crippen molar-refractivity contribution >= 4 is 17.5 Å². The smallest absolute Gasteiger partial charge is 0.254 e. The summed E-state index contributed by atoms with van der Waals surface area (Å²) in [5, 5.41) is 3.74. The van der Waals surface area contributed by atoms with E-state index in [9.17, 15) is 4.79 Å². The topological polar surface area (TPSA) is 42.0 Å². The van der Waals surface area contributed by atoms with E-state index in [1.165, 1.54) is 32.1 Å². The lowest BCUT2D eigenvalue weighted by Gasteiger charge is -2.54. The molecular formula is C16H19ClN2O. The van der Waals surface area contributed by atoms with E-state index < -0.39 is 0 Å². The van der Waals surface area contributed by atoms with Crippen molar-refractivity contribution in [2.24, 2.45) is 23.7 Å². The van der Waals surface area contributed by atoms with Crippen molar-refractivity contribution in [1.29, 1.82) is 0 Å². The minimum Gasteiger partial charge on any atom is -0.349 e. The fourth-order valence-electron chi connectivity index (χ4n) is 4.93. The molecule has 20 heavy (non-hydrogen) atoms.